The van der Waals surface area contributed by atoms with Crippen molar-refractivity contribution < 1.29 is 0 Å². The van der Waals surface area contributed by atoms with Crippen LogP contribution in [0.2, 0.25) is 0 Å². The molecule has 0 aliphatic carbocycles. The van der Waals surface area contributed by atoms with Crippen LogP contribution in [-0.2, 0) is 0 Å². The number of nitrogens with one attached hydrogen (secondary N) is 1. The topological polar surface area (TPSA) is 15.3 Å². The third-order valence-electron chi connectivity index (χ3n) is 4.92. The fraction of sp³-hybridized carbons (Fsp3) is 1.00. The molecule has 2 heteroatoms. The summed E-state index contributed by atoms with van der Waals surface area (Å²) in [6.45, 7) is 12.1. The van der Waals surface area contributed by atoms with Crippen molar-refractivity contribution in [3.8, 4) is 0 Å². The Hall–Kier alpha value is -0.0800. The Morgan fingerprint density at radius 3 is 2.45 bits per heavy atom. The molecule has 120 valence electrons. The smallest absolute Gasteiger partial charge is 0.0220 e. The number of rotatable bonds is 10. The molecule has 1 aliphatic heterocycles. The van der Waals surface area contributed by atoms with Crippen LogP contribution >= 0.6 is 0 Å². The minimum absolute atomic E-state index is 0.715. The lowest BCUT2D eigenvalue weighted by molar-refractivity contribution is 0.233. The quantitative estimate of drug-likeness (QED) is 0.596. The highest BCUT2D eigenvalue weighted by Gasteiger charge is 2.21. The lowest BCUT2D eigenvalue weighted by atomic mass is 9.99. The van der Waals surface area contributed by atoms with E-state index in [-0.39, 0.29) is 0 Å². The van der Waals surface area contributed by atoms with E-state index in [4.69, 9.17) is 0 Å². The highest BCUT2D eigenvalue weighted by atomic mass is 15.2. The summed E-state index contributed by atoms with van der Waals surface area (Å²) in [6.07, 6.45) is 12.6. The first-order valence-electron chi connectivity index (χ1n) is 9.23. The molecule has 1 saturated heterocycles. The Balaban J connectivity index is 2.11. The minimum atomic E-state index is 0.715. The molecule has 1 fully saturated rings. The summed E-state index contributed by atoms with van der Waals surface area (Å²) in [5.74, 6) is 0.810. The second-order valence-electron chi connectivity index (χ2n) is 6.72. The maximum atomic E-state index is 3.75. The Morgan fingerprint density at radius 2 is 1.75 bits per heavy atom. The van der Waals surface area contributed by atoms with Gasteiger partial charge in [-0.15, -0.1) is 0 Å². The molecule has 0 aromatic rings. The normalized spacial score (nSPS) is 22.6. The van der Waals surface area contributed by atoms with Gasteiger partial charge in [0.2, 0.25) is 0 Å². The van der Waals surface area contributed by atoms with E-state index in [1.54, 1.807) is 0 Å². The van der Waals surface area contributed by atoms with Crippen LogP contribution in [0.5, 0.6) is 0 Å². The van der Waals surface area contributed by atoms with Gasteiger partial charge in [-0.1, -0.05) is 65.7 Å². The van der Waals surface area contributed by atoms with Gasteiger partial charge in [-0.2, -0.15) is 0 Å². The van der Waals surface area contributed by atoms with Gasteiger partial charge in [0.05, 0.1) is 0 Å². The van der Waals surface area contributed by atoms with Crippen molar-refractivity contribution in [2.75, 3.05) is 26.2 Å². The highest BCUT2D eigenvalue weighted by Crippen LogP contribution is 2.13. The molecule has 2 nitrogen and oxygen atoms in total. The molecule has 0 radical (unpaired) electrons. The number of hydrogen-bond acceptors (Lipinski definition) is 2. The van der Waals surface area contributed by atoms with Gasteiger partial charge in [0.15, 0.2) is 0 Å². The molecule has 0 amide bonds. The zero-order chi connectivity index (χ0) is 14.6. The van der Waals surface area contributed by atoms with Crippen molar-refractivity contribution in [2.45, 2.75) is 84.6 Å². The van der Waals surface area contributed by atoms with E-state index in [1.165, 1.54) is 84.0 Å². The summed E-state index contributed by atoms with van der Waals surface area (Å²) >= 11 is 0. The SMILES string of the molecule is CCCCCCCCCN1CCCNC(C(C)CC)C1. The summed E-state index contributed by atoms with van der Waals surface area (Å²) in [4.78, 5) is 2.71. The average Bonchev–Trinajstić information content (AvgIpc) is 2.71. The lowest BCUT2D eigenvalue weighted by Gasteiger charge is -2.28. The second kappa shape index (κ2) is 11.6. The third kappa shape index (κ3) is 7.64. The summed E-state index contributed by atoms with van der Waals surface area (Å²) < 4.78 is 0. The monoisotopic (exact) mass is 282 g/mol. The predicted molar refractivity (Wildman–Crippen MR) is 90.3 cm³/mol. The highest BCUT2D eigenvalue weighted by molar-refractivity contribution is 4.80. The molecular weight excluding hydrogens is 244 g/mol. The zero-order valence-electron chi connectivity index (χ0n) is 14.3. The third-order valence-corrected chi connectivity index (χ3v) is 4.92. The van der Waals surface area contributed by atoms with Gasteiger partial charge in [0, 0.05) is 12.6 Å². The van der Waals surface area contributed by atoms with Gasteiger partial charge in [0.25, 0.3) is 0 Å². The maximum absolute atomic E-state index is 3.75. The maximum Gasteiger partial charge on any atom is 0.0220 e. The number of hydrogen-bond donors (Lipinski definition) is 1. The second-order valence-corrected chi connectivity index (χ2v) is 6.72. The lowest BCUT2D eigenvalue weighted by Crippen LogP contribution is -2.42. The molecule has 2 atom stereocenters. The first-order valence-corrected chi connectivity index (χ1v) is 9.23. The molecule has 1 rings (SSSR count). The van der Waals surface area contributed by atoms with E-state index in [2.05, 4.69) is 31.0 Å². The Bertz CT molecular complexity index is 217. The molecule has 0 aromatic heterocycles. The van der Waals surface area contributed by atoms with Crippen LogP contribution in [0.1, 0.15) is 78.6 Å². The zero-order valence-corrected chi connectivity index (χ0v) is 14.3. The van der Waals surface area contributed by atoms with Crippen LogP contribution in [0.25, 0.3) is 0 Å². The van der Waals surface area contributed by atoms with Gasteiger partial charge >= 0.3 is 0 Å². The molecule has 0 aromatic carbocycles. The summed E-state index contributed by atoms with van der Waals surface area (Å²) in [5, 5.41) is 3.75. The molecule has 0 bridgehead atoms. The molecule has 1 heterocycles. The Labute approximate surface area is 127 Å². The molecule has 0 spiro atoms. The predicted octanol–water partition coefficient (Wildman–Crippen LogP) is 4.45. The van der Waals surface area contributed by atoms with Crippen molar-refractivity contribution in [3.05, 3.63) is 0 Å². The summed E-state index contributed by atoms with van der Waals surface area (Å²) in [5.41, 5.74) is 0. The molecule has 1 aliphatic rings. The van der Waals surface area contributed by atoms with E-state index >= 15 is 0 Å². The minimum Gasteiger partial charge on any atom is -0.312 e. The Morgan fingerprint density at radius 1 is 1.05 bits per heavy atom. The summed E-state index contributed by atoms with van der Waals surface area (Å²) in [7, 11) is 0. The average molecular weight is 283 g/mol. The van der Waals surface area contributed by atoms with Crippen molar-refractivity contribution in [2.24, 2.45) is 5.92 Å². The molecular formula is C18H38N2. The van der Waals surface area contributed by atoms with Crippen LogP contribution in [0.15, 0.2) is 0 Å². The first kappa shape index (κ1) is 18.0. The largest absolute Gasteiger partial charge is 0.312 e. The standard InChI is InChI=1S/C18H38N2/c1-4-6-7-8-9-10-11-14-20-15-12-13-19-18(16-20)17(3)5-2/h17-19H,4-16H2,1-3H3. The number of unbranched alkanes of at least 4 members (excludes halogenated alkanes) is 6. The van der Waals surface area contributed by atoms with Gasteiger partial charge < -0.3 is 10.2 Å². The van der Waals surface area contributed by atoms with Gasteiger partial charge in [0.1, 0.15) is 0 Å². The van der Waals surface area contributed by atoms with Crippen LogP contribution in [-0.4, -0.2) is 37.1 Å². The van der Waals surface area contributed by atoms with Crippen LogP contribution in [0.4, 0.5) is 0 Å². The van der Waals surface area contributed by atoms with Crippen molar-refractivity contribution in [1.29, 1.82) is 0 Å². The molecule has 0 saturated carbocycles. The molecule has 20 heavy (non-hydrogen) atoms. The fourth-order valence-electron chi connectivity index (χ4n) is 3.19. The van der Waals surface area contributed by atoms with Crippen molar-refractivity contribution in [3.63, 3.8) is 0 Å². The van der Waals surface area contributed by atoms with Gasteiger partial charge in [-0.05, 0) is 38.4 Å². The van der Waals surface area contributed by atoms with E-state index < -0.39 is 0 Å². The van der Waals surface area contributed by atoms with Crippen molar-refractivity contribution >= 4 is 0 Å². The Kier molecular flexibility index (Phi) is 10.4. The van der Waals surface area contributed by atoms with Crippen LogP contribution in [0, 0.1) is 5.92 Å². The molecule has 2 unspecified atom stereocenters. The van der Waals surface area contributed by atoms with E-state index in [0.717, 1.165) is 5.92 Å². The van der Waals surface area contributed by atoms with E-state index in [1.807, 2.05) is 0 Å². The first-order chi connectivity index (χ1) is 9.77. The summed E-state index contributed by atoms with van der Waals surface area (Å²) in [6, 6.07) is 0.715. The fourth-order valence-corrected chi connectivity index (χ4v) is 3.19. The van der Waals surface area contributed by atoms with Gasteiger partial charge in [-0.25, -0.2) is 0 Å². The van der Waals surface area contributed by atoms with Crippen LogP contribution in [0.3, 0.4) is 0 Å². The molecule has 1 N–H and O–H groups in total. The number of nitrogens with zero attached hydrogens (tertiary/aromatic N) is 1. The van der Waals surface area contributed by atoms with E-state index in [9.17, 15) is 0 Å². The van der Waals surface area contributed by atoms with E-state index in [0.29, 0.717) is 6.04 Å². The van der Waals surface area contributed by atoms with Gasteiger partial charge in [-0.3, -0.25) is 0 Å². The van der Waals surface area contributed by atoms with Crippen LogP contribution < -0.4 is 5.32 Å². The van der Waals surface area contributed by atoms with Crippen molar-refractivity contribution in [1.82, 2.24) is 10.2 Å².